The van der Waals surface area contributed by atoms with Gasteiger partial charge in [-0.3, -0.25) is 0 Å². The van der Waals surface area contributed by atoms with E-state index in [0.717, 1.165) is 27.9 Å². The molecule has 0 atom stereocenters. The lowest BCUT2D eigenvalue weighted by Crippen LogP contribution is -2.44. The van der Waals surface area contributed by atoms with Gasteiger partial charge in [0, 0.05) is 23.3 Å². The molecule has 0 saturated carbocycles. The first kappa shape index (κ1) is 20.8. The Hall–Kier alpha value is -3.43. The van der Waals surface area contributed by atoms with E-state index >= 15 is 0 Å². The van der Waals surface area contributed by atoms with Crippen molar-refractivity contribution in [1.29, 1.82) is 0 Å². The van der Waals surface area contributed by atoms with E-state index in [1.807, 2.05) is 102 Å². The number of halogens is 1. The molecule has 1 aromatic heterocycles. The molecule has 0 saturated heterocycles. The molecule has 4 heteroatoms. The van der Waals surface area contributed by atoms with Gasteiger partial charge in [-0.15, -0.1) is 0 Å². The molecular formula is C27H23ClNO2+. The number of carbonyl (C=O) groups excluding carboxylic acids is 1. The maximum atomic E-state index is 13.0. The minimum absolute atomic E-state index is 0.307. The lowest BCUT2D eigenvalue weighted by molar-refractivity contribution is -0.679. The third-order valence-corrected chi connectivity index (χ3v) is 5.48. The van der Waals surface area contributed by atoms with Crippen molar-refractivity contribution in [1.82, 2.24) is 0 Å². The molecule has 4 aromatic rings. The van der Waals surface area contributed by atoms with Gasteiger partial charge in [0.1, 0.15) is 0 Å². The van der Waals surface area contributed by atoms with Crippen molar-refractivity contribution in [3.05, 3.63) is 113 Å². The van der Waals surface area contributed by atoms with Crippen molar-refractivity contribution in [2.45, 2.75) is 13.5 Å². The minimum atomic E-state index is -0.357. The number of hydrogen-bond donors (Lipinski definition) is 0. The zero-order valence-corrected chi connectivity index (χ0v) is 18.0. The van der Waals surface area contributed by atoms with Gasteiger partial charge in [0.05, 0.1) is 11.6 Å². The van der Waals surface area contributed by atoms with Gasteiger partial charge >= 0.3 is 5.97 Å². The van der Waals surface area contributed by atoms with E-state index in [2.05, 4.69) is 6.07 Å². The van der Waals surface area contributed by atoms with Crippen LogP contribution in [0.25, 0.3) is 22.4 Å². The molecule has 0 aliphatic heterocycles. The first-order valence-electron chi connectivity index (χ1n) is 10.3. The fraction of sp³-hybridized carbons (Fsp3) is 0.111. The van der Waals surface area contributed by atoms with Gasteiger partial charge in [-0.2, -0.15) is 4.57 Å². The second kappa shape index (κ2) is 9.59. The highest BCUT2D eigenvalue weighted by atomic mass is 35.5. The highest BCUT2D eigenvalue weighted by molar-refractivity contribution is 6.31. The smallest absolute Gasteiger partial charge is 0.403 e. The zero-order valence-electron chi connectivity index (χ0n) is 17.3. The molecule has 154 valence electrons. The van der Waals surface area contributed by atoms with Gasteiger partial charge in [-0.05, 0) is 36.2 Å². The minimum Gasteiger partial charge on any atom is -0.458 e. The predicted molar refractivity (Wildman–Crippen MR) is 124 cm³/mol. The Kier molecular flexibility index (Phi) is 6.44. The molecular weight excluding hydrogens is 406 g/mol. The fourth-order valence-electron chi connectivity index (χ4n) is 3.61. The second-order valence-corrected chi connectivity index (χ2v) is 7.55. The number of benzene rings is 3. The molecule has 0 radical (unpaired) electrons. The fourth-order valence-corrected chi connectivity index (χ4v) is 3.80. The van der Waals surface area contributed by atoms with Crippen molar-refractivity contribution in [2.24, 2.45) is 0 Å². The van der Waals surface area contributed by atoms with Crippen LogP contribution in [-0.2, 0) is 11.3 Å². The van der Waals surface area contributed by atoms with E-state index < -0.39 is 0 Å². The van der Waals surface area contributed by atoms with Crippen LogP contribution in [0.15, 0.2) is 97.1 Å². The van der Waals surface area contributed by atoms with Crippen molar-refractivity contribution >= 4 is 17.6 Å². The van der Waals surface area contributed by atoms with Crippen LogP contribution < -0.4 is 4.57 Å². The molecule has 0 amide bonds. The monoisotopic (exact) mass is 428 g/mol. The van der Waals surface area contributed by atoms with E-state index in [4.69, 9.17) is 16.3 Å². The summed E-state index contributed by atoms with van der Waals surface area (Å²) in [6.07, 6.45) is 0. The quantitative estimate of drug-likeness (QED) is 0.271. The number of carbonyl (C=O) groups is 1. The number of hydrogen-bond acceptors (Lipinski definition) is 2. The molecule has 0 unspecified atom stereocenters. The number of aromatic nitrogens is 1. The molecule has 4 rings (SSSR count). The van der Waals surface area contributed by atoms with Crippen molar-refractivity contribution in [3.63, 3.8) is 0 Å². The van der Waals surface area contributed by atoms with Gasteiger partial charge in [0.15, 0.2) is 6.54 Å². The van der Waals surface area contributed by atoms with Crippen LogP contribution in [0.4, 0.5) is 0 Å². The van der Waals surface area contributed by atoms with E-state index in [9.17, 15) is 4.79 Å². The standard InChI is InChI=1S/C27H23ClNO2/c1-2-31-27(30)26-18-23(20-11-5-3-6-12-20)17-25(21-13-7-4-8-14-21)29(26)19-22-15-9-10-16-24(22)28/h3-18H,2,19H2,1H3/q+1. The van der Waals surface area contributed by atoms with Crippen LogP contribution in [0.3, 0.4) is 0 Å². The third kappa shape index (κ3) is 4.68. The Morgan fingerprint density at radius 1 is 0.806 bits per heavy atom. The summed E-state index contributed by atoms with van der Waals surface area (Å²) in [5, 5.41) is 0.663. The third-order valence-electron chi connectivity index (χ3n) is 5.11. The largest absolute Gasteiger partial charge is 0.458 e. The van der Waals surface area contributed by atoms with E-state index in [1.165, 1.54) is 0 Å². The Morgan fingerprint density at radius 3 is 2.06 bits per heavy atom. The first-order valence-corrected chi connectivity index (χ1v) is 10.6. The summed E-state index contributed by atoms with van der Waals surface area (Å²) >= 11 is 6.46. The zero-order chi connectivity index (χ0) is 21.6. The van der Waals surface area contributed by atoms with Crippen LogP contribution in [0.1, 0.15) is 23.0 Å². The van der Waals surface area contributed by atoms with Crippen molar-refractivity contribution < 1.29 is 14.1 Å². The summed E-state index contributed by atoms with van der Waals surface area (Å²) in [7, 11) is 0. The SMILES string of the molecule is CCOC(=O)c1cc(-c2ccccc2)cc(-c2ccccc2)[n+]1Cc1ccccc1Cl. The van der Waals surface area contributed by atoms with Crippen LogP contribution in [-0.4, -0.2) is 12.6 Å². The number of nitrogens with zero attached hydrogens (tertiary/aromatic N) is 1. The maximum Gasteiger partial charge on any atom is 0.403 e. The Morgan fingerprint density at radius 2 is 1.42 bits per heavy atom. The summed E-state index contributed by atoms with van der Waals surface area (Å²) in [4.78, 5) is 13.0. The average molecular weight is 429 g/mol. The predicted octanol–water partition coefficient (Wildman–Crippen LogP) is 6.19. The van der Waals surface area contributed by atoms with Gasteiger partial charge in [0.2, 0.25) is 5.69 Å². The molecule has 31 heavy (non-hydrogen) atoms. The molecule has 0 bridgehead atoms. The summed E-state index contributed by atoms with van der Waals surface area (Å²) < 4.78 is 7.41. The molecule has 1 heterocycles. The Labute approximate surface area is 187 Å². The summed E-state index contributed by atoms with van der Waals surface area (Å²) in [6.45, 7) is 2.57. The number of rotatable bonds is 6. The van der Waals surface area contributed by atoms with Crippen molar-refractivity contribution in [3.8, 4) is 22.4 Å². The van der Waals surface area contributed by atoms with E-state index in [1.54, 1.807) is 0 Å². The van der Waals surface area contributed by atoms with Crippen LogP contribution in [0.2, 0.25) is 5.02 Å². The van der Waals surface area contributed by atoms with Crippen LogP contribution in [0, 0.1) is 0 Å². The highest BCUT2D eigenvalue weighted by Gasteiger charge is 2.28. The Balaban J connectivity index is 1.97. The topological polar surface area (TPSA) is 30.2 Å². The van der Waals surface area contributed by atoms with E-state index in [-0.39, 0.29) is 5.97 Å². The lowest BCUT2D eigenvalue weighted by Gasteiger charge is -2.12. The Bertz CT molecular complexity index is 1190. The molecule has 0 aliphatic carbocycles. The number of pyridine rings is 1. The molecule has 0 N–H and O–H groups in total. The van der Waals surface area contributed by atoms with Gasteiger partial charge in [0.25, 0.3) is 5.69 Å². The summed E-state index contributed by atoms with van der Waals surface area (Å²) in [5.41, 5.74) is 5.35. The molecule has 3 nitrogen and oxygen atoms in total. The number of ether oxygens (including phenoxy) is 1. The van der Waals surface area contributed by atoms with Gasteiger partial charge in [-0.25, -0.2) is 4.79 Å². The summed E-state index contributed by atoms with van der Waals surface area (Å²) in [6, 6.07) is 31.8. The molecule has 3 aromatic carbocycles. The molecule has 0 aliphatic rings. The van der Waals surface area contributed by atoms with Crippen LogP contribution in [0.5, 0.6) is 0 Å². The molecule has 0 spiro atoms. The van der Waals surface area contributed by atoms with Crippen molar-refractivity contribution in [2.75, 3.05) is 6.61 Å². The van der Waals surface area contributed by atoms with E-state index in [0.29, 0.717) is 23.9 Å². The lowest BCUT2D eigenvalue weighted by atomic mass is 10.0. The highest BCUT2D eigenvalue weighted by Crippen LogP contribution is 2.26. The van der Waals surface area contributed by atoms with Crippen LogP contribution >= 0.6 is 11.6 Å². The van der Waals surface area contributed by atoms with Gasteiger partial charge in [-0.1, -0.05) is 78.3 Å². The second-order valence-electron chi connectivity index (χ2n) is 7.14. The summed E-state index contributed by atoms with van der Waals surface area (Å²) in [5.74, 6) is -0.357. The average Bonchev–Trinajstić information content (AvgIpc) is 2.82. The van der Waals surface area contributed by atoms with Gasteiger partial charge < -0.3 is 4.74 Å². The number of esters is 1. The normalized spacial score (nSPS) is 10.6. The maximum absolute atomic E-state index is 13.0. The first-order chi connectivity index (χ1) is 15.2. The molecule has 0 fully saturated rings.